The normalized spacial score (nSPS) is 15.8. The number of amides is 1. The Hall–Kier alpha value is -1.45. The highest BCUT2D eigenvalue weighted by molar-refractivity contribution is 5.96. The van der Waals surface area contributed by atoms with Crippen molar-refractivity contribution in [3.05, 3.63) is 18.1 Å². The van der Waals surface area contributed by atoms with Crippen LogP contribution in [0.2, 0.25) is 0 Å². The Labute approximate surface area is 69.9 Å². The highest BCUT2D eigenvalue weighted by Crippen LogP contribution is 2.18. The number of carbonyl (C=O) groups excluding carboxylic acids is 1. The van der Waals surface area contributed by atoms with Crippen molar-refractivity contribution in [1.82, 2.24) is 4.90 Å². The molecule has 0 unspecified atom stereocenters. The van der Waals surface area contributed by atoms with Gasteiger partial charge in [0.1, 0.15) is 0 Å². The fourth-order valence-electron chi connectivity index (χ4n) is 1.16. The maximum absolute atomic E-state index is 11.5. The average Bonchev–Trinajstić information content (AvgIpc) is 2.31. The van der Waals surface area contributed by atoms with E-state index in [1.54, 1.807) is 11.0 Å². The van der Waals surface area contributed by atoms with Crippen LogP contribution in [0.25, 0.3) is 0 Å². The molecule has 1 saturated heterocycles. The van der Waals surface area contributed by atoms with Gasteiger partial charge in [0, 0.05) is 19.2 Å². The maximum Gasteiger partial charge on any atom is 0.291 e. The minimum atomic E-state index is -0.0937. The van der Waals surface area contributed by atoms with E-state index < -0.39 is 0 Å². The fraction of sp³-hybridized carbons (Fsp3) is 0.375. The van der Waals surface area contributed by atoms with E-state index in [4.69, 9.17) is 10.2 Å². The molecule has 64 valence electrons. The molecule has 0 atom stereocenters. The lowest BCUT2D eigenvalue weighted by molar-refractivity contribution is 0.0620. The maximum atomic E-state index is 11.5. The lowest BCUT2D eigenvalue weighted by Crippen LogP contribution is -2.42. The third kappa shape index (κ3) is 0.958. The first-order valence-electron chi connectivity index (χ1n) is 3.91. The number of nitrogens with two attached hydrogens (primary N) is 1. The number of nitrogens with zero attached hydrogens (tertiary/aromatic N) is 1. The van der Waals surface area contributed by atoms with Crippen molar-refractivity contribution < 1.29 is 9.21 Å². The predicted octanol–water partition coefficient (Wildman–Crippen LogP) is 0.708. The van der Waals surface area contributed by atoms with Crippen molar-refractivity contribution >= 4 is 11.6 Å². The molecule has 0 bridgehead atoms. The van der Waals surface area contributed by atoms with E-state index in [0.717, 1.165) is 19.5 Å². The molecule has 1 fully saturated rings. The van der Waals surface area contributed by atoms with E-state index in [9.17, 15) is 4.79 Å². The molecule has 1 aromatic heterocycles. The molecule has 0 aliphatic carbocycles. The zero-order valence-electron chi connectivity index (χ0n) is 6.62. The third-order valence-electron chi connectivity index (χ3n) is 2.03. The Morgan fingerprint density at radius 1 is 1.58 bits per heavy atom. The molecule has 0 radical (unpaired) electrons. The average molecular weight is 166 g/mol. The summed E-state index contributed by atoms with van der Waals surface area (Å²) in [7, 11) is 0. The van der Waals surface area contributed by atoms with Crippen LogP contribution in [0.1, 0.15) is 17.0 Å². The van der Waals surface area contributed by atoms with Crippen molar-refractivity contribution in [3.8, 4) is 0 Å². The summed E-state index contributed by atoms with van der Waals surface area (Å²) >= 11 is 0. The number of likely N-dealkylation sites (tertiary alicyclic amines) is 1. The van der Waals surface area contributed by atoms with Gasteiger partial charge >= 0.3 is 0 Å². The topological polar surface area (TPSA) is 59.5 Å². The number of hydrogen-bond donors (Lipinski definition) is 1. The lowest BCUT2D eigenvalue weighted by atomic mass is 10.2. The lowest BCUT2D eigenvalue weighted by Gasteiger charge is -2.29. The van der Waals surface area contributed by atoms with Gasteiger partial charge in [0.05, 0.1) is 12.0 Å². The van der Waals surface area contributed by atoms with Crippen LogP contribution in [0.4, 0.5) is 5.69 Å². The van der Waals surface area contributed by atoms with Crippen molar-refractivity contribution in [2.45, 2.75) is 6.42 Å². The summed E-state index contributed by atoms with van der Waals surface area (Å²) in [5.74, 6) is 0.179. The Balaban J connectivity index is 2.19. The molecule has 2 N–H and O–H groups in total. The molecule has 1 amide bonds. The van der Waals surface area contributed by atoms with Crippen LogP contribution >= 0.6 is 0 Å². The van der Waals surface area contributed by atoms with Gasteiger partial charge in [0.2, 0.25) is 5.76 Å². The summed E-state index contributed by atoms with van der Waals surface area (Å²) in [6.07, 6.45) is 2.51. The first kappa shape index (κ1) is 7.21. The van der Waals surface area contributed by atoms with Gasteiger partial charge in [-0.2, -0.15) is 0 Å². The van der Waals surface area contributed by atoms with E-state index in [1.165, 1.54) is 6.26 Å². The Morgan fingerprint density at radius 2 is 2.33 bits per heavy atom. The summed E-state index contributed by atoms with van der Waals surface area (Å²) < 4.78 is 4.97. The minimum Gasteiger partial charge on any atom is -0.457 e. The van der Waals surface area contributed by atoms with Gasteiger partial charge in [-0.15, -0.1) is 0 Å². The number of hydrogen-bond acceptors (Lipinski definition) is 3. The SMILES string of the molecule is Nc1ccoc1C(=O)N1CCC1. The zero-order chi connectivity index (χ0) is 8.55. The highest BCUT2D eigenvalue weighted by Gasteiger charge is 2.25. The molecule has 2 rings (SSSR count). The molecule has 1 aliphatic rings. The van der Waals surface area contributed by atoms with E-state index in [0.29, 0.717) is 5.69 Å². The molecular weight excluding hydrogens is 156 g/mol. The van der Waals surface area contributed by atoms with Gasteiger partial charge in [0.25, 0.3) is 5.91 Å². The molecular formula is C8H10N2O2. The first-order chi connectivity index (χ1) is 5.79. The second-order valence-electron chi connectivity index (χ2n) is 2.85. The molecule has 0 spiro atoms. The molecule has 1 aromatic rings. The van der Waals surface area contributed by atoms with Gasteiger partial charge < -0.3 is 15.1 Å². The van der Waals surface area contributed by atoms with Gasteiger partial charge in [0.15, 0.2) is 0 Å². The van der Waals surface area contributed by atoms with Crippen LogP contribution in [0, 0.1) is 0 Å². The zero-order valence-corrected chi connectivity index (χ0v) is 6.62. The van der Waals surface area contributed by atoms with E-state index in [-0.39, 0.29) is 11.7 Å². The largest absolute Gasteiger partial charge is 0.457 e. The molecule has 12 heavy (non-hydrogen) atoms. The summed E-state index contributed by atoms with van der Waals surface area (Å²) in [4.78, 5) is 13.2. The number of rotatable bonds is 1. The first-order valence-corrected chi connectivity index (χ1v) is 3.91. The molecule has 2 heterocycles. The molecule has 1 aliphatic heterocycles. The smallest absolute Gasteiger partial charge is 0.291 e. The Morgan fingerprint density at radius 3 is 2.75 bits per heavy atom. The van der Waals surface area contributed by atoms with E-state index >= 15 is 0 Å². The molecule has 4 heteroatoms. The van der Waals surface area contributed by atoms with Gasteiger partial charge in [-0.05, 0) is 6.42 Å². The van der Waals surface area contributed by atoms with Crippen LogP contribution in [0.5, 0.6) is 0 Å². The Kier molecular flexibility index (Phi) is 1.53. The Bertz CT molecular complexity index is 302. The number of anilines is 1. The van der Waals surface area contributed by atoms with Crippen molar-refractivity contribution in [1.29, 1.82) is 0 Å². The summed E-state index contributed by atoms with van der Waals surface area (Å²) in [5, 5.41) is 0. The third-order valence-corrected chi connectivity index (χ3v) is 2.03. The second kappa shape index (κ2) is 2.55. The number of carbonyl (C=O) groups is 1. The number of nitrogen functional groups attached to an aromatic ring is 1. The minimum absolute atomic E-state index is 0.0937. The fourth-order valence-corrected chi connectivity index (χ4v) is 1.16. The van der Waals surface area contributed by atoms with Crippen LogP contribution in [-0.2, 0) is 0 Å². The summed E-state index contributed by atoms with van der Waals surface area (Å²) in [5.41, 5.74) is 5.94. The van der Waals surface area contributed by atoms with E-state index in [2.05, 4.69) is 0 Å². The summed E-state index contributed by atoms with van der Waals surface area (Å²) in [6.45, 7) is 1.64. The number of furan rings is 1. The van der Waals surface area contributed by atoms with Crippen LogP contribution in [0.3, 0.4) is 0 Å². The quantitative estimate of drug-likeness (QED) is 0.668. The van der Waals surface area contributed by atoms with Gasteiger partial charge in [-0.1, -0.05) is 0 Å². The standard InChI is InChI=1S/C8H10N2O2/c9-6-2-5-12-7(6)8(11)10-3-1-4-10/h2,5H,1,3-4,9H2. The molecule has 0 aromatic carbocycles. The molecule has 0 saturated carbocycles. The van der Waals surface area contributed by atoms with Crippen molar-refractivity contribution in [3.63, 3.8) is 0 Å². The second-order valence-corrected chi connectivity index (χ2v) is 2.85. The van der Waals surface area contributed by atoms with Crippen LogP contribution in [0.15, 0.2) is 16.7 Å². The van der Waals surface area contributed by atoms with Crippen LogP contribution in [-0.4, -0.2) is 23.9 Å². The van der Waals surface area contributed by atoms with Gasteiger partial charge in [-0.3, -0.25) is 4.79 Å². The van der Waals surface area contributed by atoms with E-state index in [1.807, 2.05) is 0 Å². The van der Waals surface area contributed by atoms with Gasteiger partial charge in [-0.25, -0.2) is 0 Å². The predicted molar refractivity (Wildman–Crippen MR) is 43.6 cm³/mol. The molecule has 4 nitrogen and oxygen atoms in total. The highest BCUT2D eigenvalue weighted by atomic mass is 16.3. The van der Waals surface area contributed by atoms with Crippen molar-refractivity contribution in [2.75, 3.05) is 18.8 Å². The summed E-state index contributed by atoms with van der Waals surface area (Å²) in [6, 6.07) is 1.59. The van der Waals surface area contributed by atoms with Crippen molar-refractivity contribution in [2.24, 2.45) is 0 Å². The monoisotopic (exact) mass is 166 g/mol. The van der Waals surface area contributed by atoms with Crippen LogP contribution < -0.4 is 5.73 Å².